The molecule has 5 nitrogen and oxygen atoms in total. The van der Waals surface area contributed by atoms with E-state index in [0.717, 1.165) is 24.2 Å². The summed E-state index contributed by atoms with van der Waals surface area (Å²) in [5, 5.41) is 2.12. The van der Waals surface area contributed by atoms with Gasteiger partial charge in [-0.1, -0.05) is 0 Å². The van der Waals surface area contributed by atoms with Gasteiger partial charge in [-0.25, -0.2) is 4.98 Å². The van der Waals surface area contributed by atoms with Crippen LogP contribution in [0, 0.1) is 0 Å². The number of hydrogen-bond acceptors (Lipinski definition) is 5. The number of aryl methyl sites for hydroxylation is 2. The second kappa shape index (κ2) is 4.21. The summed E-state index contributed by atoms with van der Waals surface area (Å²) in [6.45, 7) is 0. The van der Waals surface area contributed by atoms with Gasteiger partial charge in [0, 0.05) is 10.4 Å². The molecule has 0 saturated heterocycles. The van der Waals surface area contributed by atoms with Crippen LogP contribution < -0.4 is 9.47 Å². The molecule has 0 bridgehead atoms. The van der Waals surface area contributed by atoms with Crippen LogP contribution in [-0.2, 0) is 12.8 Å². The predicted octanol–water partition coefficient (Wildman–Crippen LogP) is 2.57. The number of thiophene rings is 1. The number of ether oxygens (including phenoxy) is 2. The minimum Gasteiger partial charge on any atom is -0.482 e. The summed E-state index contributed by atoms with van der Waals surface area (Å²) in [5.74, 6) is 1.85. The van der Waals surface area contributed by atoms with E-state index in [-0.39, 0.29) is 0 Å². The molecule has 4 rings (SSSR count). The summed E-state index contributed by atoms with van der Waals surface area (Å²) < 4.78 is 12.7. The predicted molar refractivity (Wildman–Crippen MR) is 76.8 cm³/mol. The zero-order valence-corrected chi connectivity index (χ0v) is 12.0. The highest BCUT2D eigenvalue weighted by Crippen LogP contribution is 2.38. The Hall–Kier alpha value is -2.08. The molecule has 0 aromatic carbocycles. The molecule has 0 amide bonds. The number of imidazole rings is 1. The molecule has 3 aromatic heterocycles. The highest BCUT2D eigenvalue weighted by atomic mass is 32.1. The third-order valence-corrected chi connectivity index (χ3v) is 4.62. The van der Waals surface area contributed by atoms with Crippen molar-refractivity contribution in [3.63, 3.8) is 0 Å². The molecule has 0 atom stereocenters. The topological polar surface area (TPSA) is 48.7 Å². The first kappa shape index (κ1) is 11.7. The van der Waals surface area contributed by atoms with Crippen molar-refractivity contribution in [2.24, 2.45) is 0 Å². The Balaban J connectivity index is 2.06. The highest BCUT2D eigenvalue weighted by molar-refractivity contribution is 7.10. The van der Waals surface area contributed by atoms with Crippen molar-refractivity contribution < 1.29 is 9.47 Å². The molecule has 0 N–H and O–H groups in total. The van der Waals surface area contributed by atoms with Gasteiger partial charge in [-0.2, -0.15) is 4.98 Å². The van der Waals surface area contributed by atoms with Gasteiger partial charge in [-0.3, -0.25) is 4.40 Å². The van der Waals surface area contributed by atoms with Crippen LogP contribution in [0.2, 0.25) is 0 Å². The van der Waals surface area contributed by atoms with E-state index in [1.54, 1.807) is 31.6 Å². The lowest BCUT2D eigenvalue weighted by molar-refractivity contribution is 0.368. The molecule has 0 unspecified atom stereocenters. The van der Waals surface area contributed by atoms with Crippen LogP contribution >= 0.6 is 11.3 Å². The smallest absolute Gasteiger partial charge is 0.240 e. The van der Waals surface area contributed by atoms with E-state index >= 15 is 0 Å². The summed E-state index contributed by atoms with van der Waals surface area (Å²) in [5.41, 5.74) is 3.41. The maximum atomic E-state index is 5.47. The fourth-order valence-electron chi connectivity index (χ4n) is 2.73. The first-order valence-corrected chi connectivity index (χ1v) is 7.27. The van der Waals surface area contributed by atoms with E-state index in [1.807, 2.05) is 4.40 Å². The summed E-state index contributed by atoms with van der Waals surface area (Å²) >= 11 is 1.79. The minimum atomic E-state index is 0.516. The van der Waals surface area contributed by atoms with Crippen LogP contribution in [0.3, 0.4) is 0 Å². The molecule has 0 radical (unpaired) electrons. The first-order valence-electron chi connectivity index (χ1n) is 6.39. The van der Waals surface area contributed by atoms with Crippen LogP contribution in [0.15, 0.2) is 17.5 Å². The highest BCUT2D eigenvalue weighted by Gasteiger charge is 2.25. The average Bonchev–Trinajstić information content (AvgIpc) is 3.09. The Morgan fingerprint density at radius 2 is 2.10 bits per heavy atom. The van der Waals surface area contributed by atoms with E-state index in [4.69, 9.17) is 9.47 Å². The fraction of sp³-hybridized carbons (Fsp3) is 0.286. The van der Waals surface area contributed by atoms with Crippen LogP contribution in [0.5, 0.6) is 11.8 Å². The van der Waals surface area contributed by atoms with Gasteiger partial charge in [0.05, 0.1) is 31.7 Å². The quantitative estimate of drug-likeness (QED) is 0.727. The van der Waals surface area contributed by atoms with Gasteiger partial charge >= 0.3 is 0 Å². The molecule has 0 spiro atoms. The molecule has 1 aliphatic rings. The van der Waals surface area contributed by atoms with Crippen molar-refractivity contribution in [1.29, 1.82) is 0 Å². The number of aromatic nitrogens is 3. The van der Waals surface area contributed by atoms with Crippen LogP contribution in [0.25, 0.3) is 17.0 Å². The fourth-order valence-corrected chi connectivity index (χ4v) is 3.61. The minimum absolute atomic E-state index is 0.516. The Labute approximate surface area is 119 Å². The Morgan fingerprint density at radius 3 is 2.90 bits per heavy atom. The van der Waals surface area contributed by atoms with E-state index in [9.17, 15) is 0 Å². The lowest BCUT2D eigenvalue weighted by atomic mass is 10.0. The molecule has 102 valence electrons. The van der Waals surface area contributed by atoms with Gasteiger partial charge in [-0.05, 0) is 24.3 Å². The largest absolute Gasteiger partial charge is 0.482 e. The SMILES string of the molecule is COc1cc(OC)n2c3c(nc2n1)-c1ccsc1CC3. The molecule has 0 aliphatic heterocycles. The number of methoxy groups -OCH3 is 2. The number of fused-ring (bicyclic) bond motifs is 5. The van der Waals surface area contributed by atoms with Crippen molar-refractivity contribution in [1.82, 2.24) is 14.4 Å². The maximum absolute atomic E-state index is 5.47. The van der Waals surface area contributed by atoms with Crippen LogP contribution in [0.1, 0.15) is 10.6 Å². The molecular weight excluding hydrogens is 274 g/mol. The zero-order valence-electron chi connectivity index (χ0n) is 11.2. The molecule has 3 aromatic rings. The summed E-state index contributed by atoms with van der Waals surface area (Å²) in [6, 6.07) is 3.92. The monoisotopic (exact) mass is 287 g/mol. The van der Waals surface area contributed by atoms with Gasteiger partial charge in [0.25, 0.3) is 0 Å². The van der Waals surface area contributed by atoms with E-state index in [2.05, 4.69) is 21.4 Å². The maximum Gasteiger partial charge on any atom is 0.240 e. The lowest BCUT2D eigenvalue weighted by Gasteiger charge is -2.13. The van der Waals surface area contributed by atoms with Crippen molar-refractivity contribution in [3.8, 4) is 23.0 Å². The zero-order chi connectivity index (χ0) is 13.7. The van der Waals surface area contributed by atoms with Crippen LogP contribution in [-0.4, -0.2) is 28.6 Å². The Kier molecular flexibility index (Phi) is 2.47. The second-order valence-electron chi connectivity index (χ2n) is 4.64. The third kappa shape index (κ3) is 1.48. The van der Waals surface area contributed by atoms with Gasteiger partial charge < -0.3 is 9.47 Å². The standard InChI is InChI=1S/C14H13N3O2S/c1-18-11-7-12(19-2)17-9-3-4-10-8(5-6-20-10)13(9)16-14(17)15-11/h5-7H,3-4H2,1-2H3. The second-order valence-corrected chi connectivity index (χ2v) is 5.64. The molecule has 20 heavy (non-hydrogen) atoms. The summed E-state index contributed by atoms with van der Waals surface area (Å²) in [6.07, 6.45) is 2.00. The molecule has 1 aliphatic carbocycles. The summed E-state index contributed by atoms with van der Waals surface area (Å²) in [7, 11) is 3.25. The number of hydrogen-bond donors (Lipinski definition) is 0. The number of nitrogens with zero attached hydrogens (tertiary/aromatic N) is 3. The van der Waals surface area contributed by atoms with Crippen molar-refractivity contribution in [2.45, 2.75) is 12.8 Å². The van der Waals surface area contributed by atoms with Gasteiger partial charge in [0.15, 0.2) is 0 Å². The third-order valence-electron chi connectivity index (χ3n) is 3.64. The molecular formula is C14H13N3O2S. The average molecular weight is 287 g/mol. The van der Waals surface area contributed by atoms with E-state index < -0.39 is 0 Å². The molecule has 6 heteroatoms. The van der Waals surface area contributed by atoms with E-state index in [1.165, 1.54) is 10.4 Å². The molecule has 0 saturated carbocycles. The van der Waals surface area contributed by atoms with Crippen molar-refractivity contribution >= 4 is 17.1 Å². The van der Waals surface area contributed by atoms with Gasteiger partial charge in [-0.15, -0.1) is 11.3 Å². The van der Waals surface area contributed by atoms with Crippen molar-refractivity contribution in [2.75, 3.05) is 14.2 Å². The van der Waals surface area contributed by atoms with Crippen LogP contribution in [0.4, 0.5) is 0 Å². The summed E-state index contributed by atoms with van der Waals surface area (Å²) in [4.78, 5) is 10.5. The first-order chi connectivity index (χ1) is 9.81. The van der Waals surface area contributed by atoms with Gasteiger partial charge in [0.2, 0.25) is 17.5 Å². The normalized spacial score (nSPS) is 13.1. The Morgan fingerprint density at radius 1 is 1.20 bits per heavy atom. The number of rotatable bonds is 2. The van der Waals surface area contributed by atoms with Crippen molar-refractivity contribution in [3.05, 3.63) is 28.1 Å². The Bertz CT molecular complexity index is 806. The lowest BCUT2D eigenvalue weighted by Crippen LogP contribution is -2.05. The molecule has 3 heterocycles. The van der Waals surface area contributed by atoms with Gasteiger partial charge in [0.1, 0.15) is 0 Å². The van der Waals surface area contributed by atoms with E-state index in [0.29, 0.717) is 17.5 Å². The molecule has 0 fully saturated rings.